The number of H-pyrrole nitrogens is 1. The number of anilines is 1. The molecular formula is C9H13N5O4. The van der Waals surface area contributed by atoms with Crippen LogP contribution in [0, 0.1) is 0 Å². The lowest BCUT2D eigenvalue weighted by Gasteiger charge is -2.15. The molecule has 18 heavy (non-hydrogen) atoms. The number of nitrogens with zero attached hydrogens (tertiary/aromatic N) is 3. The number of aromatic nitrogens is 4. The fourth-order valence-electron chi connectivity index (χ4n) is 2.12. The molecule has 2 aromatic heterocycles. The molecular weight excluding hydrogens is 242 g/mol. The van der Waals surface area contributed by atoms with E-state index in [-0.39, 0.29) is 6.61 Å². The Hall–Kier alpha value is -1.68. The zero-order valence-corrected chi connectivity index (χ0v) is 9.26. The summed E-state index contributed by atoms with van der Waals surface area (Å²) in [4.78, 5) is 4.04. The molecule has 0 unspecified atom stereocenters. The Labute approximate surface area is 101 Å². The first-order valence-electron chi connectivity index (χ1n) is 5.42. The fourth-order valence-corrected chi connectivity index (χ4v) is 2.12. The lowest BCUT2D eigenvalue weighted by Crippen LogP contribution is -2.33. The van der Waals surface area contributed by atoms with Gasteiger partial charge in [0.2, 0.25) is 0 Å². The highest BCUT2D eigenvalue weighted by molar-refractivity contribution is 5.82. The molecule has 3 rings (SSSR count). The lowest BCUT2D eigenvalue weighted by molar-refractivity contribution is -0.0511. The van der Waals surface area contributed by atoms with Crippen LogP contribution in [0.4, 0.5) is 5.82 Å². The molecule has 1 aliphatic heterocycles. The van der Waals surface area contributed by atoms with Crippen LogP contribution in [0.15, 0.2) is 6.33 Å². The van der Waals surface area contributed by atoms with Gasteiger partial charge in [-0.05, 0) is 0 Å². The second kappa shape index (κ2) is 3.92. The van der Waals surface area contributed by atoms with Gasteiger partial charge in [0, 0.05) is 0 Å². The van der Waals surface area contributed by atoms with E-state index in [1.54, 1.807) is 0 Å². The van der Waals surface area contributed by atoms with Crippen LogP contribution >= 0.6 is 0 Å². The summed E-state index contributed by atoms with van der Waals surface area (Å²) in [6.45, 7) is -0.380. The van der Waals surface area contributed by atoms with E-state index in [0.29, 0.717) is 17.0 Å². The maximum atomic E-state index is 9.89. The highest BCUT2D eigenvalue weighted by atomic mass is 16.6. The number of hydrogen-bond acceptors (Lipinski definition) is 7. The van der Waals surface area contributed by atoms with Crippen LogP contribution in [-0.2, 0) is 4.74 Å². The van der Waals surface area contributed by atoms with Crippen LogP contribution in [0.3, 0.4) is 0 Å². The molecule has 0 radical (unpaired) electrons. The summed E-state index contributed by atoms with van der Waals surface area (Å²) < 4.78 is 6.84. The molecule has 6 N–H and O–H groups in total. The van der Waals surface area contributed by atoms with Crippen molar-refractivity contribution in [1.82, 2.24) is 19.7 Å². The molecule has 4 atom stereocenters. The summed E-state index contributed by atoms with van der Waals surface area (Å²) in [5, 5.41) is 35.1. The van der Waals surface area contributed by atoms with Crippen molar-refractivity contribution in [3.05, 3.63) is 6.33 Å². The predicted molar refractivity (Wildman–Crippen MR) is 59.3 cm³/mol. The molecule has 98 valence electrons. The molecule has 0 aliphatic carbocycles. The summed E-state index contributed by atoms with van der Waals surface area (Å²) in [6.07, 6.45) is -2.60. The average Bonchev–Trinajstić information content (AvgIpc) is 3.00. The van der Waals surface area contributed by atoms with E-state index in [1.807, 2.05) is 0 Å². The predicted octanol–water partition coefficient (Wildman–Crippen LogP) is -2.05. The van der Waals surface area contributed by atoms with Gasteiger partial charge < -0.3 is 25.8 Å². The largest absolute Gasteiger partial charge is 0.394 e. The third-order valence-electron chi connectivity index (χ3n) is 3.10. The molecule has 0 spiro atoms. The minimum atomic E-state index is -1.17. The molecule has 9 heteroatoms. The summed E-state index contributed by atoms with van der Waals surface area (Å²) >= 11 is 0. The van der Waals surface area contributed by atoms with Crippen molar-refractivity contribution in [2.45, 2.75) is 24.5 Å². The zero-order chi connectivity index (χ0) is 12.9. The molecule has 2 aromatic rings. The standard InChI is InChI=1S/C9H13N5O4/c10-7-4-8(13-12-7)14(2-11-4)9-6(17)5(16)3(1-15)18-9/h2-3,5-6,9,15-17H,1H2,(H3,10,12,13)/t3-,5-,6-,9-/m1/s1. The van der Waals surface area contributed by atoms with Crippen LogP contribution in [0.2, 0.25) is 0 Å². The monoisotopic (exact) mass is 255 g/mol. The number of nitrogen functional groups attached to an aromatic ring is 1. The topological polar surface area (TPSA) is 142 Å². The van der Waals surface area contributed by atoms with Crippen molar-refractivity contribution in [3.8, 4) is 0 Å². The Kier molecular flexibility index (Phi) is 2.48. The van der Waals surface area contributed by atoms with Gasteiger partial charge in [-0.2, -0.15) is 5.10 Å². The summed E-state index contributed by atoms with van der Waals surface area (Å²) in [7, 11) is 0. The first-order valence-corrected chi connectivity index (χ1v) is 5.42. The molecule has 0 bridgehead atoms. The van der Waals surface area contributed by atoms with Gasteiger partial charge in [0.1, 0.15) is 24.1 Å². The number of nitrogens with two attached hydrogens (primary N) is 1. The maximum Gasteiger partial charge on any atom is 0.186 e. The van der Waals surface area contributed by atoms with Gasteiger partial charge in [-0.3, -0.25) is 9.67 Å². The van der Waals surface area contributed by atoms with E-state index in [4.69, 9.17) is 15.6 Å². The van der Waals surface area contributed by atoms with Crippen molar-refractivity contribution in [2.24, 2.45) is 0 Å². The smallest absolute Gasteiger partial charge is 0.186 e. The summed E-state index contributed by atoms with van der Waals surface area (Å²) in [5.41, 5.74) is 6.50. The van der Waals surface area contributed by atoms with E-state index < -0.39 is 24.5 Å². The second-order valence-corrected chi connectivity index (χ2v) is 4.19. The Balaban J connectivity index is 2.00. The number of aliphatic hydroxyl groups is 3. The van der Waals surface area contributed by atoms with Gasteiger partial charge in [-0.1, -0.05) is 0 Å². The van der Waals surface area contributed by atoms with Gasteiger partial charge >= 0.3 is 0 Å². The Morgan fingerprint density at radius 1 is 1.44 bits per heavy atom. The maximum absolute atomic E-state index is 9.89. The normalized spacial score (nSPS) is 32.4. The van der Waals surface area contributed by atoms with E-state index >= 15 is 0 Å². The summed E-state index contributed by atoms with van der Waals surface area (Å²) in [6, 6.07) is 0. The number of aromatic amines is 1. The Morgan fingerprint density at radius 3 is 2.89 bits per heavy atom. The van der Waals surface area contributed by atoms with E-state index in [0.717, 1.165) is 0 Å². The zero-order valence-electron chi connectivity index (χ0n) is 9.26. The van der Waals surface area contributed by atoms with Gasteiger partial charge in [-0.15, -0.1) is 0 Å². The molecule has 1 saturated heterocycles. The fraction of sp³-hybridized carbons (Fsp3) is 0.556. The number of fused-ring (bicyclic) bond motifs is 1. The molecule has 0 amide bonds. The minimum absolute atomic E-state index is 0.315. The lowest BCUT2D eigenvalue weighted by atomic mass is 10.1. The average molecular weight is 255 g/mol. The van der Waals surface area contributed by atoms with Crippen LogP contribution < -0.4 is 5.73 Å². The van der Waals surface area contributed by atoms with Crippen molar-refractivity contribution < 1.29 is 20.1 Å². The summed E-state index contributed by atoms with van der Waals surface area (Å²) in [5.74, 6) is 0.315. The molecule has 1 fully saturated rings. The highest BCUT2D eigenvalue weighted by Crippen LogP contribution is 2.31. The van der Waals surface area contributed by atoms with Crippen LogP contribution in [0.5, 0.6) is 0 Å². The van der Waals surface area contributed by atoms with Gasteiger partial charge in [0.25, 0.3) is 0 Å². The van der Waals surface area contributed by atoms with Gasteiger partial charge in [0.05, 0.1) is 12.9 Å². The third-order valence-corrected chi connectivity index (χ3v) is 3.10. The van der Waals surface area contributed by atoms with E-state index in [9.17, 15) is 10.2 Å². The molecule has 9 nitrogen and oxygen atoms in total. The van der Waals surface area contributed by atoms with E-state index in [2.05, 4.69) is 15.2 Å². The minimum Gasteiger partial charge on any atom is -0.394 e. The number of imidazole rings is 1. The van der Waals surface area contributed by atoms with E-state index in [1.165, 1.54) is 10.9 Å². The molecule has 0 saturated carbocycles. The Bertz CT molecular complexity index is 566. The van der Waals surface area contributed by atoms with Crippen LogP contribution in [0.25, 0.3) is 11.2 Å². The van der Waals surface area contributed by atoms with Gasteiger partial charge in [0.15, 0.2) is 17.4 Å². The first-order chi connectivity index (χ1) is 8.63. The quantitative estimate of drug-likeness (QED) is 0.415. The van der Waals surface area contributed by atoms with Crippen molar-refractivity contribution in [2.75, 3.05) is 12.3 Å². The van der Waals surface area contributed by atoms with Gasteiger partial charge in [-0.25, -0.2) is 4.98 Å². The number of hydrogen-bond donors (Lipinski definition) is 5. The third kappa shape index (κ3) is 1.42. The van der Waals surface area contributed by atoms with Crippen LogP contribution in [0.1, 0.15) is 6.23 Å². The van der Waals surface area contributed by atoms with Crippen molar-refractivity contribution in [1.29, 1.82) is 0 Å². The Morgan fingerprint density at radius 2 is 2.22 bits per heavy atom. The molecule has 3 heterocycles. The molecule has 1 aliphatic rings. The van der Waals surface area contributed by atoms with Crippen LogP contribution in [-0.4, -0.2) is 60.0 Å². The number of aliphatic hydroxyl groups excluding tert-OH is 3. The highest BCUT2D eigenvalue weighted by Gasteiger charge is 2.44. The van der Waals surface area contributed by atoms with Crippen molar-refractivity contribution >= 4 is 17.0 Å². The molecule has 0 aromatic carbocycles. The number of ether oxygens (including phenoxy) is 1. The first kappa shape index (κ1) is 11.4. The second-order valence-electron chi connectivity index (χ2n) is 4.19. The SMILES string of the molecule is Nc1[nH]nc2c1ncn2[C@@H]1O[C@H](CO)[C@@H](O)[C@H]1O. The number of rotatable bonds is 2. The van der Waals surface area contributed by atoms with Crippen molar-refractivity contribution in [3.63, 3.8) is 0 Å². The number of nitrogens with one attached hydrogen (secondary N) is 1.